The number of carbonyl (C=O) groups excluding carboxylic acids is 1. The van der Waals surface area contributed by atoms with Gasteiger partial charge in [0, 0.05) is 18.4 Å². The molecule has 2 rings (SSSR count). The number of hydrogen-bond acceptors (Lipinski definition) is 2. The highest BCUT2D eigenvalue weighted by Gasteiger charge is 2.12. The molecule has 2 aromatic heterocycles. The van der Waals surface area contributed by atoms with Crippen molar-refractivity contribution >= 4 is 11.6 Å². The molecular formula is C15H21N3O. The maximum absolute atomic E-state index is 12.1. The number of unbranched alkanes of at least 4 members (excludes halogenated alkanes) is 2. The molecule has 0 unspecified atom stereocenters. The van der Waals surface area contributed by atoms with Crippen LogP contribution in [-0.2, 0) is 0 Å². The van der Waals surface area contributed by atoms with E-state index < -0.39 is 0 Å². The van der Waals surface area contributed by atoms with Crippen molar-refractivity contribution in [2.24, 2.45) is 0 Å². The molecule has 1 amide bonds. The fraction of sp³-hybridized carbons (Fsp3) is 0.467. The van der Waals surface area contributed by atoms with E-state index in [9.17, 15) is 4.79 Å². The van der Waals surface area contributed by atoms with E-state index in [-0.39, 0.29) is 11.9 Å². The van der Waals surface area contributed by atoms with Crippen LogP contribution in [-0.4, -0.2) is 21.3 Å². The number of pyridine rings is 1. The normalized spacial score (nSPS) is 12.5. The van der Waals surface area contributed by atoms with Crippen molar-refractivity contribution in [2.45, 2.75) is 45.6 Å². The van der Waals surface area contributed by atoms with Gasteiger partial charge in [0.25, 0.3) is 5.91 Å². The number of rotatable bonds is 6. The van der Waals surface area contributed by atoms with E-state index in [0.29, 0.717) is 5.69 Å². The predicted molar refractivity (Wildman–Crippen MR) is 76.3 cm³/mol. The molecule has 0 fully saturated rings. The van der Waals surface area contributed by atoms with Gasteiger partial charge >= 0.3 is 0 Å². The zero-order chi connectivity index (χ0) is 13.7. The van der Waals surface area contributed by atoms with Crippen LogP contribution in [0.2, 0.25) is 0 Å². The Balaban J connectivity index is 1.95. The van der Waals surface area contributed by atoms with E-state index in [2.05, 4.69) is 17.2 Å². The third-order valence-corrected chi connectivity index (χ3v) is 3.21. The van der Waals surface area contributed by atoms with Gasteiger partial charge in [-0.25, -0.2) is 4.98 Å². The van der Waals surface area contributed by atoms with Gasteiger partial charge < -0.3 is 9.72 Å². The van der Waals surface area contributed by atoms with Crippen molar-refractivity contribution in [1.29, 1.82) is 0 Å². The summed E-state index contributed by atoms with van der Waals surface area (Å²) in [7, 11) is 0. The molecule has 0 saturated heterocycles. The van der Waals surface area contributed by atoms with E-state index in [0.717, 1.165) is 18.5 Å². The first kappa shape index (κ1) is 13.6. The fourth-order valence-electron chi connectivity index (χ4n) is 2.11. The molecule has 102 valence electrons. The molecule has 0 saturated carbocycles. The average Bonchev–Trinajstić information content (AvgIpc) is 2.83. The van der Waals surface area contributed by atoms with Crippen LogP contribution in [0.4, 0.5) is 0 Å². The molecule has 1 atom stereocenters. The first-order valence-corrected chi connectivity index (χ1v) is 6.95. The van der Waals surface area contributed by atoms with Gasteiger partial charge in [0.15, 0.2) is 0 Å². The van der Waals surface area contributed by atoms with Gasteiger partial charge in [-0.1, -0.05) is 32.3 Å². The molecule has 1 N–H and O–H groups in total. The Morgan fingerprint density at radius 3 is 3.00 bits per heavy atom. The summed E-state index contributed by atoms with van der Waals surface area (Å²) in [6.07, 6.45) is 8.25. The van der Waals surface area contributed by atoms with Crippen LogP contribution >= 0.6 is 0 Å². The fourth-order valence-corrected chi connectivity index (χ4v) is 2.11. The number of imidazole rings is 1. The topological polar surface area (TPSA) is 46.4 Å². The van der Waals surface area contributed by atoms with Crippen molar-refractivity contribution < 1.29 is 4.79 Å². The SMILES string of the molecule is CCCCC[C@@H](C)NC(=O)c1cn2ccccc2n1. The van der Waals surface area contributed by atoms with Gasteiger partial charge in [0.2, 0.25) is 0 Å². The number of aromatic nitrogens is 2. The molecule has 0 bridgehead atoms. The van der Waals surface area contributed by atoms with Crippen LogP contribution in [0.25, 0.3) is 5.65 Å². The summed E-state index contributed by atoms with van der Waals surface area (Å²) in [5, 5.41) is 3.00. The Bertz CT molecular complexity index is 514. The van der Waals surface area contributed by atoms with Crippen molar-refractivity contribution in [3.63, 3.8) is 0 Å². The minimum atomic E-state index is -0.0901. The maximum Gasteiger partial charge on any atom is 0.271 e. The summed E-state index contributed by atoms with van der Waals surface area (Å²) in [5.74, 6) is -0.0901. The second-order valence-electron chi connectivity index (χ2n) is 4.96. The van der Waals surface area contributed by atoms with E-state index in [1.54, 1.807) is 6.20 Å². The summed E-state index contributed by atoms with van der Waals surface area (Å²) < 4.78 is 1.86. The summed E-state index contributed by atoms with van der Waals surface area (Å²) in [6, 6.07) is 5.92. The van der Waals surface area contributed by atoms with E-state index in [1.165, 1.54) is 12.8 Å². The molecule has 4 nitrogen and oxygen atoms in total. The molecular weight excluding hydrogens is 238 g/mol. The van der Waals surface area contributed by atoms with E-state index >= 15 is 0 Å². The lowest BCUT2D eigenvalue weighted by Crippen LogP contribution is -2.32. The van der Waals surface area contributed by atoms with Gasteiger partial charge in [-0.05, 0) is 25.5 Å². The Hall–Kier alpha value is -1.84. The lowest BCUT2D eigenvalue weighted by Gasteiger charge is -2.12. The molecule has 0 spiro atoms. The van der Waals surface area contributed by atoms with Crippen LogP contribution < -0.4 is 5.32 Å². The highest BCUT2D eigenvalue weighted by molar-refractivity contribution is 5.93. The Kier molecular flexibility index (Phi) is 4.55. The highest BCUT2D eigenvalue weighted by Crippen LogP contribution is 2.06. The van der Waals surface area contributed by atoms with Gasteiger partial charge in [-0.2, -0.15) is 0 Å². The van der Waals surface area contributed by atoms with Crippen LogP contribution in [0.5, 0.6) is 0 Å². The Labute approximate surface area is 113 Å². The molecule has 0 aliphatic heterocycles. The van der Waals surface area contributed by atoms with Crippen LogP contribution in [0.1, 0.15) is 50.0 Å². The molecule has 0 aliphatic carbocycles. The van der Waals surface area contributed by atoms with Gasteiger partial charge in [-0.3, -0.25) is 4.79 Å². The number of nitrogens with one attached hydrogen (secondary N) is 1. The Morgan fingerprint density at radius 1 is 1.42 bits per heavy atom. The van der Waals surface area contributed by atoms with Crippen LogP contribution in [0.15, 0.2) is 30.6 Å². The molecule has 0 radical (unpaired) electrons. The van der Waals surface area contributed by atoms with Gasteiger partial charge in [-0.15, -0.1) is 0 Å². The van der Waals surface area contributed by atoms with Gasteiger partial charge in [0.1, 0.15) is 11.3 Å². The van der Waals surface area contributed by atoms with Crippen molar-refractivity contribution in [2.75, 3.05) is 0 Å². The number of nitrogens with zero attached hydrogens (tertiary/aromatic N) is 2. The van der Waals surface area contributed by atoms with Crippen molar-refractivity contribution in [3.05, 3.63) is 36.3 Å². The predicted octanol–water partition coefficient (Wildman–Crippen LogP) is 3.03. The lowest BCUT2D eigenvalue weighted by atomic mass is 10.1. The first-order chi connectivity index (χ1) is 9.20. The third-order valence-electron chi connectivity index (χ3n) is 3.21. The largest absolute Gasteiger partial charge is 0.348 e. The molecule has 4 heteroatoms. The molecule has 19 heavy (non-hydrogen) atoms. The smallest absolute Gasteiger partial charge is 0.271 e. The number of amides is 1. The zero-order valence-corrected chi connectivity index (χ0v) is 11.6. The van der Waals surface area contributed by atoms with E-state index in [4.69, 9.17) is 0 Å². The summed E-state index contributed by atoms with van der Waals surface area (Å²) >= 11 is 0. The molecule has 2 heterocycles. The number of hydrogen-bond donors (Lipinski definition) is 1. The maximum atomic E-state index is 12.1. The minimum Gasteiger partial charge on any atom is -0.348 e. The van der Waals surface area contributed by atoms with E-state index in [1.807, 2.05) is 35.7 Å². The van der Waals surface area contributed by atoms with Crippen molar-refractivity contribution in [1.82, 2.24) is 14.7 Å². The number of fused-ring (bicyclic) bond motifs is 1. The molecule has 0 aliphatic rings. The lowest BCUT2D eigenvalue weighted by molar-refractivity contribution is 0.0933. The second-order valence-corrected chi connectivity index (χ2v) is 4.96. The van der Waals surface area contributed by atoms with Crippen LogP contribution in [0, 0.1) is 0 Å². The van der Waals surface area contributed by atoms with Crippen LogP contribution in [0.3, 0.4) is 0 Å². The molecule has 0 aromatic carbocycles. The highest BCUT2D eigenvalue weighted by atomic mass is 16.1. The minimum absolute atomic E-state index is 0.0901. The summed E-state index contributed by atoms with van der Waals surface area (Å²) in [5.41, 5.74) is 1.28. The average molecular weight is 259 g/mol. The number of carbonyl (C=O) groups is 1. The van der Waals surface area contributed by atoms with Crippen molar-refractivity contribution in [3.8, 4) is 0 Å². The third kappa shape index (κ3) is 3.56. The standard InChI is InChI=1S/C15H21N3O/c1-3-4-5-8-12(2)16-15(19)13-11-18-10-7-6-9-14(18)17-13/h6-7,9-12H,3-5,8H2,1-2H3,(H,16,19)/t12-/m1/s1. The first-order valence-electron chi connectivity index (χ1n) is 6.95. The summed E-state index contributed by atoms with van der Waals surface area (Å²) in [6.45, 7) is 4.23. The quantitative estimate of drug-likeness (QED) is 0.810. The zero-order valence-electron chi connectivity index (χ0n) is 11.6. The monoisotopic (exact) mass is 259 g/mol. The molecule has 2 aromatic rings. The van der Waals surface area contributed by atoms with Gasteiger partial charge in [0.05, 0.1) is 0 Å². The second kappa shape index (κ2) is 6.36. The Morgan fingerprint density at radius 2 is 2.26 bits per heavy atom. The summed E-state index contributed by atoms with van der Waals surface area (Å²) in [4.78, 5) is 16.4.